The molecule has 0 aromatic heterocycles. The molecule has 3 N–H and O–H groups in total. The number of hydrogen-bond acceptors (Lipinski definition) is 19. The van der Waals surface area contributed by atoms with Crippen molar-refractivity contribution in [1.82, 2.24) is 20.6 Å². The fraction of sp³-hybridized carbons (Fsp3) is 0.583. The van der Waals surface area contributed by atoms with Crippen LogP contribution in [0.15, 0.2) is 78.9 Å². The zero-order valence-corrected chi connectivity index (χ0v) is 51.5. The SMILES string of the molecule is BC[C@H](OC(=O)NCCCCCCNC(=O)CCCCOC1OC(COC(C)=O)C(OC(C)=O)C(OC(C)=O)C1NC(C)=O)[C@H](COC(c1ccccc1)(c1ccc(OC)cc1)c1ccc(OC)cc1)OP(OCCC#N)N(C(C)C)C(C)C. The van der Waals surface area contributed by atoms with E-state index in [-0.39, 0.29) is 57.3 Å². The molecule has 84 heavy (non-hydrogen) atoms. The number of nitrogens with one attached hydrogen (secondary N) is 3. The van der Waals surface area contributed by atoms with Crippen molar-refractivity contribution in [1.29, 1.82) is 5.26 Å². The molecular formula is C60H87BN5O17P. The summed E-state index contributed by atoms with van der Waals surface area (Å²) >= 11 is 0. The summed E-state index contributed by atoms with van der Waals surface area (Å²) in [5, 5.41) is 18.0. The maximum Gasteiger partial charge on any atom is 0.407 e. The van der Waals surface area contributed by atoms with Crippen LogP contribution in [0.4, 0.5) is 4.79 Å². The van der Waals surface area contributed by atoms with Gasteiger partial charge < -0.3 is 67.6 Å². The lowest BCUT2D eigenvalue weighted by Crippen LogP contribution is -2.66. The summed E-state index contributed by atoms with van der Waals surface area (Å²) in [6, 6.07) is 26.3. The van der Waals surface area contributed by atoms with Crippen LogP contribution in [0, 0.1) is 11.3 Å². The Hall–Kier alpha value is -6.38. The van der Waals surface area contributed by atoms with Crippen LogP contribution in [0.3, 0.4) is 0 Å². The van der Waals surface area contributed by atoms with Crippen molar-refractivity contribution in [3.8, 4) is 17.6 Å². The molecule has 0 saturated carbocycles. The molecule has 4 rings (SSSR count). The van der Waals surface area contributed by atoms with Gasteiger partial charge >= 0.3 is 24.0 Å². The highest BCUT2D eigenvalue weighted by molar-refractivity contribution is 7.44. The number of nitrogens with zero attached hydrogens (tertiary/aromatic N) is 2. The first-order valence-corrected chi connectivity index (χ1v) is 29.9. The zero-order valence-electron chi connectivity index (χ0n) is 50.6. The second-order valence-electron chi connectivity index (χ2n) is 20.6. The molecular weight excluding hydrogens is 1100 g/mol. The highest BCUT2D eigenvalue weighted by Gasteiger charge is 2.51. The third kappa shape index (κ3) is 22.6. The number of rotatable bonds is 37. The molecule has 1 aliphatic heterocycles. The Bertz CT molecular complexity index is 2470. The minimum atomic E-state index is -1.81. The van der Waals surface area contributed by atoms with Gasteiger partial charge in [-0.3, -0.25) is 24.0 Å². The lowest BCUT2D eigenvalue weighted by atomic mass is 9.80. The molecule has 8 atom stereocenters. The Kier molecular flexibility index (Phi) is 31.0. The number of ether oxygens (including phenoxy) is 9. The summed E-state index contributed by atoms with van der Waals surface area (Å²) in [6.45, 7) is 13.6. The van der Waals surface area contributed by atoms with Gasteiger partial charge in [-0.2, -0.15) is 5.26 Å². The van der Waals surface area contributed by atoms with Crippen LogP contribution in [0.1, 0.15) is 123 Å². The molecule has 1 saturated heterocycles. The van der Waals surface area contributed by atoms with E-state index in [0.717, 1.165) is 43.4 Å². The predicted molar refractivity (Wildman–Crippen MR) is 315 cm³/mol. The van der Waals surface area contributed by atoms with Crippen LogP contribution < -0.4 is 25.4 Å². The second kappa shape index (κ2) is 37.1. The number of benzene rings is 3. The van der Waals surface area contributed by atoms with Crippen molar-refractivity contribution in [2.75, 3.05) is 53.7 Å². The number of esters is 3. The summed E-state index contributed by atoms with van der Waals surface area (Å²) in [6.07, 6.45) is -2.49. The Morgan fingerprint density at radius 1 is 0.714 bits per heavy atom. The van der Waals surface area contributed by atoms with Crippen LogP contribution in [-0.4, -0.2) is 157 Å². The largest absolute Gasteiger partial charge is 0.497 e. The van der Waals surface area contributed by atoms with E-state index in [1.165, 1.54) is 13.8 Å². The topological polar surface area (TPSA) is 267 Å². The van der Waals surface area contributed by atoms with Crippen molar-refractivity contribution in [3.63, 3.8) is 0 Å². The number of alkyl carbamates (subject to hydrolysis) is 1. The van der Waals surface area contributed by atoms with Gasteiger partial charge in [0.1, 0.15) is 55.9 Å². The van der Waals surface area contributed by atoms with Gasteiger partial charge in [-0.15, -0.1) is 0 Å². The van der Waals surface area contributed by atoms with Gasteiger partial charge in [0.05, 0.1) is 39.9 Å². The van der Waals surface area contributed by atoms with E-state index < -0.39 is 86.9 Å². The average molecular weight is 1190 g/mol. The smallest absolute Gasteiger partial charge is 0.407 e. The van der Waals surface area contributed by atoms with E-state index in [4.69, 9.17) is 51.7 Å². The first-order valence-electron chi connectivity index (χ1n) is 28.7. The fourth-order valence-corrected chi connectivity index (χ4v) is 11.4. The van der Waals surface area contributed by atoms with Crippen molar-refractivity contribution in [2.24, 2.45) is 0 Å². The van der Waals surface area contributed by atoms with E-state index in [9.17, 15) is 34.0 Å². The molecule has 24 heteroatoms. The molecule has 1 heterocycles. The van der Waals surface area contributed by atoms with Gasteiger partial charge in [0.2, 0.25) is 11.8 Å². The minimum Gasteiger partial charge on any atom is -0.497 e. The van der Waals surface area contributed by atoms with Gasteiger partial charge in [-0.05, 0) is 101 Å². The third-order valence-corrected chi connectivity index (χ3v) is 15.6. The van der Waals surface area contributed by atoms with Gasteiger partial charge in [0, 0.05) is 65.9 Å². The monoisotopic (exact) mass is 1190 g/mol. The van der Waals surface area contributed by atoms with E-state index in [2.05, 4.69) is 54.4 Å². The Balaban J connectivity index is 1.36. The number of carbonyl (C=O) groups excluding carboxylic acids is 6. The molecule has 0 radical (unpaired) electrons. The molecule has 6 unspecified atom stereocenters. The maximum atomic E-state index is 13.7. The summed E-state index contributed by atoms with van der Waals surface area (Å²) in [7, 11) is 3.34. The molecule has 0 spiro atoms. The highest BCUT2D eigenvalue weighted by atomic mass is 31.2. The molecule has 0 aliphatic carbocycles. The second-order valence-corrected chi connectivity index (χ2v) is 22.0. The van der Waals surface area contributed by atoms with E-state index >= 15 is 0 Å². The fourth-order valence-electron chi connectivity index (χ4n) is 9.63. The normalized spacial score (nSPS) is 17.9. The lowest BCUT2D eigenvalue weighted by molar-refractivity contribution is -0.277. The predicted octanol–water partition coefficient (Wildman–Crippen LogP) is 7.34. The standard InChI is InChI=1S/C60H87BN5O17P/c1-40(2)66(41(3)4)84(78-36-20-32-62)83-52(39-77-60(46-21-14-13-15-22-46,47-24-28-49(73-9)29-25-47)48-26-30-50(74-10)31-27-48)51(37-61)82-59(72)64-34-18-12-11-17-33-63-54(71)23-16-19-35-75-58-55(65-42(5)67)57(80-45(8)70)56(79-44(7)69)53(81-58)38-76-43(6)68/h13-15,21-22,24-31,40-41,51-53,55-58H,11-12,16-20,23,33-39,61H2,1-10H3,(H,63,71)(H,64,72)(H,65,67)/t51-,52-,53?,55?,56?,57?,58?,84?/m0/s1. The van der Waals surface area contributed by atoms with E-state index in [1.54, 1.807) is 14.2 Å². The van der Waals surface area contributed by atoms with Crippen molar-refractivity contribution in [2.45, 2.75) is 174 Å². The van der Waals surface area contributed by atoms with Crippen molar-refractivity contribution in [3.05, 3.63) is 95.6 Å². The summed E-state index contributed by atoms with van der Waals surface area (Å²) in [5.41, 5.74) is 1.24. The molecule has 3 amide bonds. The van der Waals surface area contributed by atoms with E-state index in [0.29, 0.717) is 56.6 Å². The number of carbonyl (C=O) groups is 6. The van der Waals surface area contributed by atoms with Crippen LogP contribution >= 0.6 is 8.53 Å². The van der Waals surface area contributed by atoms with Gasteiger partial charge in [0.25, 0.3) is 8.53 Å². The van der Waals surface area contributed by atoms with Gasteiger partial charge in [-0.1, -0.05) is 67.4 Å². The molecule has 1 fully saturated rings. The number of methoxy groups -OCH3 is 2. The molecule has 3 aromatic carbocycles. The third-order valence-electron chi connectivity index (χ3n) is 13.4. The Morgan fingerprint density at radius 2 is 1.29 bits per heavy atom. The van der Waals surface area contributed by atoms with Crippen LogP contribution in [-0.2, 0) is 71.8 Å². The van der Waals surface area contributed by atoms with Crippen LogP contribution in [0.5, 0.6) is 11.5 Å². The molecule has 22 nitrogen and oxygen atoms in total. The molecule has 1 aliphatic rings. The van der Waals surface area contributed by atoms with Gasteiger partial charge in [0.15, 0.2) is 18.5 Å². The summed E-state index contributed by atoms with van der Waals surface area (Å²) in [5.74, 6) is -1.34. The Labute approximate surface area is 497 Å². The number of amides is 3. The van der Waals surface area contributed by atoms with Crippen LogP contribution in [0.25, 0.3) is 0 Å². The molecule has 462 valence electrons. The lowest BCUT2D eigenvalue weighted by Gasteiger charge is -2.44. The number of unbranched alkanes of at least 4 members (excludes halogenated alkanes) is 4. The zero-order chi connectivity index (χ0) is 61.6. The first kappa shape index (κ1) is 70.1. The number of nitriles is 1. The first-order chi connectivity index (χ1) is 40.3. The maximum absolute atomic E-state index is 13.7. The average Bonchev–Trinajstić information content (AvgIpc) is 1.86. The van der Waals surface area contributed by atoms with Gasteiger partial charge in [-0.25, -0.2) is 9.46 Å². The highest BCUT2D eigenvalue weighted by Crippen LogP contribution is 2.49. The quantitative estimate of drug-likeness (QED) is 0.0127. The summed E-state index contributed by atoms with van der Waals surface area (Å²) in [4.78, 5) is 74.6. The molecule has 0 bridgehead atoms. The summed E-state index contributed by atoms with van der Waals surface area (Å²) < 4.78 is 68.3. The molecule has 3 aromatic rings. The number of hydrogen-bond donors (Lipinski definition) is 3. The Morgan fingerprint density at radius 3 is 1.81 bits per heavy atom. The van der Waals surface area contributed by atoms with Crippen molar-refractivity contribution < 1.29 is 80.4 Å². The minimum absolute atomic E-state index is 0.00719. The van der Waals surface area contributed by atoms with Crippen molar-refractivity contribution >= 4 is 52.2 Å². The van der Waals surface area contributed by atoms with E-state index in [1.807, 2.05) is 86.7 Å². The van der Waals surface area contributed by atoms with Crippen LogP contribution in [0.2, 0.25) is 6.32 Å².